The molecule has 0 aliphatic carbocycles. The van der Waals surface area contributed by atoms with Crippen molar-refractivity contribution in [3.63, 3.8) is 0 Å². The van der Waals surface area contributed by atoms with Crippen molar-refractivity contribution in [2.24, 2.45) is 0 Å². The maximum Gasteiger partial charge on any atom is 0.300 e. The summed E-state index contributed by atoms with van der Waals surface area (Å²) in [6, 6.07) is 20.4. The number of hydrogen-bond acceptors (Lipinski definition) is 7. The molecule has 41 heavy (non-hydrogen) atoms. The minimum Gasteiger partial charge on any atom is -0.507 e. The lowest BCUT2D eigenvalue weighted by Crippen LogP contribution is -2.29. The quantitative estimate of drug-likeness (QED) is 0.220. The van der Waals surface area contributed by atoms with Crippen LogP contribution in [0.2, 0.25) is 0 Å². The van der Waals surface area contributed by atoms with E-state index in [4.69, 9.17) is 14.4 Å². The van der Waals surface area contributed by atoms with Gasteiger partial charge < -0.3 is 25.2 Å². The van der Waals surface area contributed by atoms with Gasteiger partial charge >= 0.3 is 0 Å². The Morgan fingerprint density at radius 2 is 1.54 bits per heavy atom. The van der Waals surface area contributed by atoms with E-state index in [0.717, 1.165) is 37.7 Å². The summed E-state index contributed by atoms with van der Waals surface area (Å²) in [5.41, 5.74) is 4.26. The van der Waals surface area contributed by atoms with E-state index in [1.54, 1.807) is 6.07 Å². The summed E-state index contributed by atoms with van der Waals surface area (Å²) in [4.78, 5) is 24.4. The molecule has 1 amide bonds. The molecule has 9 heteroatoms. The van der Waals surface area contributed by atoms with Crippen LogP contribution in [-0.2, 0) is 11.3 Å². The first kappa shape index (κ1) is 29.4. The molecule has 1 aromatic heterocycles. The van der Waals surface area contributed by atoms with Crippen LogP contribution in [0, 0.1) is 0 Å². The van der Waals surface area contributed by atoms with Crippen LogP contribution in [0.1, 0.15) is 49.2 Å². The van der Waals surface area contributed by atoms with Crippen LogP contribution in [-0.4, -0.2) is 56.9 Å². The van der Waals surface area contributed by atoms with Gasteiger partial charge in [0.2, 0.25) is 0 Å². The van der Waals surface area contributed by atoms with Gasteiger partial charge in [0.1, 0.15) is 11.5 Å². The van der Waals surface area contributed by atoms with Crippen molar-refractivity contribution in [3.05, 3.63) is 78.0 Å². The van der Waals surface area contributed by atoms with E-state index in [0.29, 0.717) is 23.2 Å². The molecule has 0 unspecified atom stereocenters. The summed E-state index contributed by atoms with van der Waals surface area (Å²) < 4.78 is 5.71. The van der Waals surface area contributed by atoms with Crippen molar-refractivity contribution < 1.29 is 29.4 Å². The number of phenols is 2. The third kappa shape index (κ3) is 7.32. The number of carbonyl (C=O) groups is 2. The minimum atomic E-state index is -0.833. The highest BCUT2D eigenvalue weighted by atomic mass is 16.5. The number of hydrogen-bond donors (Lipinski definition) is 4. The third-order valence-corrected chi connectivity index (χ3v) is 6.79. The largest absolute Gasteiger partial charge is 0.507 e. The molecule has 1 aliphatic heterocycles. The molecule has 0 spiro atoms. The molecule has 4 aromatic rings. The van der Waals surface area contributed by atoms with Gasteiger partial charge in [-0.15, -0.1) is 0 Å². The number of carboxylic acid groups (broad SMARTS) is 1. The number of nitrogens with zero attached hydrogens (tertiary/aromatic N) is 2. The van der Waals surface area contributed by atoms with Crippen molar-refractivity contribution >= 4 is 11.9 Å². The summed E-state index contributed by atoms with van der Waals surface area (Å²) in [5, 5.41) is 35.7. The lowest BCUT2D eigenvalue weighted by molar-refractivity contribution is -0.134. The lowest BCUT2D eigenvalue weighted by atomic mass is 9.94. The Hall–Kier alpha value is -4.63. The molecule has 214 valence electrons. The van der Waals surface area contributed by atoms with Gasteiger partial charge in [0.25, 0.3) is 11.9 Å². The zero-order valence-corrected chi connectivity index (χ0v) is 23.3. The fraction of sp³-hybridized carbons (Fsp3) is 0.281. The highest BCUT2D eigenvalue weighted by Gasteiger charge is 2.27. The highest BCUT2D eigenvalue weighted by molar-refractivity contribution is 6.03. The van der Waals surface area contributed by atoms with Gasteiger partial charge in [0.15, 0.2) is 11.5 Å². The average molecular weight is 558 g/mol. The van der Waals surface area contributed by atoms with Gasteiger partial charge in [0.05, 0.1) is 11.1 Å². The van der Waals surface area contributed by atoms with Crippen molar-refractivity contribution in [2.45, 2.75) is 39.7 Å². The van der Waals surface area contributed by atoms with Gasteiger partial charge in [-0.05, 0) is 55.6 Å². The highest BCUT2D eigenvalue weighted by Crippen LogP contribution is 2.44. The number of carbonyl (C=O) groups excluding carboxylic acids is 1. The van der Waals surface area contributed by atoms with Crippen molar-refractivity contribution in [2.75, 3.05) is 19.6 Å². The first-order chi connectivity index (χ1) is 19.8. The first-order valence-electron chi connectivity index (χ1n) is 13.7. The van der Waals surface area contributed by atoms with Gasteiger partial charge in [0, 0.05) is 31.6 Å². The third-order valence-electron chi connectivity index (χ3n) is 6.79. The molecule has 0 atom stereocenters. The zero-order chi connectivity index (χ0) is 29.4. The smallest absolute Gasteiger partial charge is 0.300 e. The topological polar surface area (TPSA) is 136 Å². The monoisotopic (exact) mass is 557 g/mol. The molecule has 9 nitrogen and oxygen atoms in total. The van der Waals surface area contributed by atoms with Crippen LogP contribution < -0.4 is 5.32 Å². The van der Waals surface area contributed by atoms with Gasteiger partial charge in [-0.1, -0.05) is 66.2 Å². The molecule has 5 rings (SSSR count). The molecular formula is C32H35N3O6. The van der Waals surface area contributed by atoms with Crippen LogP contribution in [0.4, 0.5) is 0 Å². The van der Waals surface area contributed by atoms with Crippen molar-refractivity contribution in [1.82, 2.24) is 15.4 Å². The molecule has 0 radical (unpaired) electrons. The molecule has 1 aliphatic rings. The average Bonchev–Trinajstić information content (AvgIpc) is 3.39. The molecule has 3 aromatic carbocycles. The van der Waals surface area contributed by atoms with Crippen LogP contribution >= 0.6 is 0 Å². The van der Waals surface area contributed by atoms with Crippen molar-refractivity contribution in [1.29, 1.82) is 0 Å². The number of amides is 1. The van der Waals surface area contributed by atoms with Crippen LogP contribution in [0.5, 0.6) is 11.5 Å². The van der Waals surface area contributed by atoms with E-state index < -0.39 is 5.97 Å². The number of aromatic hydroxyl groups is 2. The number of piperidine rings is 1. The molecule has 0 saturated carbocycles. The van der Waals surface area contributed by atoms with E-state index in [9.17, 15) is 15.0 Å². The Balaban J connectivity index is 0.000000909. The van der Waals surface area contributed by atoms with Gasteiger partial charge in [-0.2, -0.15) is 0 Å². The Kier molecular flexibility index (Phi) is 9.76. The molecule has 2 heterocycles. The SMILES string of the molecule is CC(=O)O.CCNC(=O)c1noc(-c2cc(-c3ccccc3)c(O)cc2O)c1-c1ccc(CN2CCCCC2)cc1. The van der Waals surface area contributed by atoms with E-state index >= 15 is 0 Å². The summed E-state index contributed by atoms with van der Waals surface area (Å²) in [5.74, 6) is -1.15. The minimum absolute atomic E-state index is 0.0560. The fourth-order valence-electron chi connectivity index (χ4n) is 4.90. The van der Waals surface area contributed by atoms with E-state index in [1.807, 2.05) is 49.4 Å². The predicted octanol–water partition coefficient (Wildman–Crippen LogP) is 5.91. The van der Waals surface area contributed by atoms with Gasteiger partial charge in [-0.3, -0.25) is 14.5 Å². The first-order valence-corrected chi connectivity index (χ1v) is 13.7. The number of benzene rings is 3. The number of nitrogens with one attached hydrogen (secondary N) is 1. The zero-order valence-electron chi connectivity index (χ0n) is 23.3. The second-order valence-corrected chi connectivity index (χ2v) is 9.90. The summed E-state index contributed by atoms with van der Waals surface area (Å²) in [6.45, 7) is 6.48. The van der Waals surface area contributed by atoms with Crippen LogP contribution in [0.3, 0.4) is 0 Å². The van der Waals surface area contributed by atoms with E-state index in [1.165, 1.54) is 30.9 Å². The molecule has 1 saturated heterocycles. The van der Waals surface area contributed by atoms with Crippen LogP contribution in [0.15, 0.2) is 71.3 Å². The fourth-order valence-corrected chi connectivity index (χ4v) is 4.90. The lowest BCUT2D eigenvalue weighted by Gasteiger charge is -2.26. The Labute approximate surface area is 239 Å². The van der Waals surface area contributed by atoms with E-state index in [-0.39, 0.29) is 28.9 Å². The maximum atomic E-state index is 12.9. The molecule has 0 bridgehead atoms. The number of carboxylic acids is 1. The number of likely N-dealkylation sites (tertiary alicyclic amines) is 1. The summed E-state index contributed by atoms with van der Waals surface area (Å²) >= 11 is 0. The number of phenolic OH excluding ortho intramolecular Hbond substituents is 2. The van der Waals surface area contributed by atoms with Crippen molar-refractivity contribution in [3.8, 4) is 45.1 Å². The molecular weight excluding hydrogens is 522 g/mol. The Bertz CT molecular complexity index is 1470. The second-order valence-electron chi connectivity index (χ2n) is 9.90. The van der Waals surface area contributed by atoms with E-state index in [2.05, 4.69) is 27.5 Å². The molecule has 4 N–H and O–H groups in total. The summed E-state index contributed by atoms with van der Waals surface area (Å²) in [6.07, 6.45) is 3.77. The normalized spacial score (nSPS) is 13.2. The Morgan fingerprint density at radius 3 is 2.17 bits per heavy atom. The number of aromatic nitrogens is 1. The Morgan fingerprint density at radius 1 is 0.902 bits per heavy atom. The molecule has 1 fully saturated rings. The number of aliphatic carboxylic acids is 1. The number of rotatable bonds is 7. The standard InChI is InChI=1S/C30H31N3O4.C2H4O2/c1-2-31-30(36)28-27(22-13-11-20(12-14-22)19-33-15-7-4-8-16-33)29(37-32-28)24-17-23(25(34)18-26(24)35)21-9-5-3-6-10-21;1-2(3)4/h3,5-6,9-14,17-18,34-35H,2,4,7-8,15-16,19H2,1H3,(H,31,36);1H3,(H,3,4). The van der Waals surface area contributed by atoms with Gasteiger partial charge in [-0.25, -0.2) is 0 Å². The second kappa shape index (κ2) is 13.6. The van der Waals surface area contributed by atoms with Crippen LogP contribution in [0.25, 0.3) is 33.6 Å². The summed E-state index contributed by atoms with van der Waals surface area (Å²) in [7, 11) is 0. The maximum absolute atomic E-state index is 12.9. The predicted molar refractivity (Wildman–Crippen MR) is 157 cm³/mol.